The first-order valence-corrected chi connectivity index (χ1v) is 5.27. The molecule has 0 atom stereocenters. The minimum absolute atomic E-state index is 0.0769. The molecule has 1 aromatic carbocycles. The van der Waals surface area contributed by atoms with Gasteiger partial charge in [0.15, 0.2) is 5.75 Å². The van der Waals surface area contributed by atoms with Crippen LogP contribution < -0.4 is 5.43 Å². The van der Waals surface area contributed by atoms with Crippen molar-refractivity contribution in [3.05, 3.63) is 39.5 Å². The monoisotopic (exact) mass is 220 g/mol. The van der Waals surface area contributed by atoms with E-state index in [2.05, 4.69) is 0 Å². The Bertz CT molecular complexity index is 461. The molecule has 0 amide bonds. The Hall–Kier alpha value is -1.64. The molecule has 16 heavy (non-hydrogen) atoms. The van der Waals surface area contributed by atoms with Crippen LogP contribution in [0, 0.1) is 0 Å². The lowest BCUT2D eigenvalue weighted by Gasteiger charge is -1.99. The quantitative estimate of drug-likeness (QED) is 0.847. The summed E-state index contributed by atoms with van der Waals surface area (Å²) >= 11 is 0. The number of Topliss-reactive ketones (excluding diaryl/α,β-unsaturated/α-hetero) is 1. The molecule has 0 bridgehead atoms. The zero-order chi connectivity index (χ0) is 12.3. The lowest BCUT2D eigenvalue weighted by atomic mass is 10.1. The molecule has 0 spiro atoms. The predicted molar refractivity (Wildman–Crippen MR) is 62.9 cm³/mol. The molecule has 0 aromatic heterocycles. The third-order valence-electron chi connectivity index (χ3n) is 2.42. The molecule has 0 fully saturated rings. The summed E-state index contributed by atoms with van der Waals surface area (Å²) < 4.78 is 0. The second-order valence-electron chi connectivity index (χ2n) is 4.25. The van der Waals surface area contributed by atoms with Crippen LogP contribution in [0.4, 0.5) is 0 Å². The Kier molecular flexibility index (Phi) is 3.82. The summed E-state index contributed by atoms with van der Waals surface area (Å²) in [6.07, 6.45) is 0.0906. The van der Waals surface area contributed by atoms with Crippen LogP contribution in [0.5, 0.6) is 5.75 Å². The number of hydrogen-bond acceptors (Lipinski definition) is 3. The van der Waals surface area contributed by atoms with E-state index < -0.39 is 5.43 Å². The average Bonchev–Trinajstić information content (AvgIpc) is 2.30. The molecule has 0 radical (unpaired) electrons. The standard InChI is InChI=1S/C13H16O3/c1-8(2)10-4-5-11(6-9(3)14)13(16)12(15)7-10/h4-5,7-8H,6H2,1-3H3,(H,15,16). The van der Waals surface area contributed by atoms with E-state index >= 15 is 0 Å². The highest BCUT2D eigenvalue weighted by molar-refractivity contribution is 5.78. The molecule has 0 saturated carbocycles. The summed E-state index contributed by atoms with van der Waals surface area (Å²) in [5.74, 6) is -0.182. The first kappa shape index (κ1) is 12.4. The van der Waals surface area contributed by atoms with E-state index in [4.69, 9.17) is 0 Å². The van der Waals surface area contributed by atoms with Gasteiger partial charge < -0.3 is 5.11 Å². The SMILES string of the molecule is CC(=O)Cc1ccc(C(C)C)cc(=O)c1O. The van der Waals surface area contributed by atoms with Crippen molar-refractivity contribution in [3.63, 3.8) is 0 Å². The van der Waals surface area contributed by atoms with Crippen molar-refractivity contribution in [2.24, 2.45) is 0 Å². The fourth-order valence-corrected chi connectivity index (χ4v) is 1.47. The maximum Gasteiger partial charge on any atom is 0.220 e. The molecule has 1 N–H and O–H groups in total. The summed E-state index contributed by atoms with van der Waals surface area (Å²) in [4.78, 5) is 22.6. The number of ketones is 1. The second kappa shape index (κ2) is 4.92. The van der Waals surface area contributed by atoms with Crippen LogP contribution in [0.1, 0.15) is 37.8 Å². The van der Waals surface area contributed by atoms with Gasteiger partial charge in [0, 0.05) is 12.0 Å². The van der Waals surface area contributed by atoms with Gasteiger partial charge in [-0.05, 0) is 24.5 Å². The number of carbonyl (C=O) groups is 1. The zero-order valence-electron chi connectivity index (χ0n) is 9.78. The van der Waals surface area contributed by atoms with Crippen LogP contribution >= 0.6 is 0 Å². The van der Waals surface area contributed by atoms with Crippen LogP contribution in [-0.2, 0) is 11.2 Å². The van der Waals surface area contributed by atoms with Crippen molar-refractivity contribution in [1.29, 1.82) is 0 Å². The summed E-state index contributed by atoms with van der Waals surface area (Å²) in [6, 6.07) is 4.85. The van der Waals surface area contributed by atoms with E-state index in [-0.39, 0.29) is 23.9 Å². The molecule has 0 aliphatic heterocycles. The van der Waals surface area contributed by atoms with Gasteiger partial charge in [-0.2, -0.15) is 0 Å². The van der Waals surface area contributed by atoms with E-state index in [9.17, 15) is 14.7 Å². The molecule has 1 rings (SSSR count). The lowest BCUT2D eigenvalue weighted by Crippen LogP contribution is -2.02. The van der Waals surface area contributed by atoms with Crippen molar-refractivity contribution in [2.45, 2.75) is 33.1 Å². The van der Waals surface area contributed by atoms with Gasteiger partial charge in [0.2, 0.25) is 5.43 Å². The highest BCUT2D eigenvalue weighted by Crippen LogP contribution is 2.16. The van der Waals surface area contributed by atoms with Gasteiger partial charge in [-0.25, -0.2) is 0 Å². The normalized spacial score (nSPS) is 10.5. The lowest BCUT2D eigenvalue weighted by molar-refractivity contribution is -0.116. The first-order valence-electron chi connectivity index (χ1n) is 5.27. The van der Waals surface area contributed by atoms with Gasteiger partial charge in [-0.1, -0.05) is 26.0 Å². The van der Waals surface area contributed by atoms with Crippen molar-refractivity contribution in [1.82, 2.24) is 0 Å². The van der Waals surface area contributed by atoms with E-state index in [0.717, 1.165) is 5.56 Å². The highest BCUT2D eigenvalue weighted by atomic mass is 16.3. The average molecular weight is 220 g/mol. The summed E-state index contributed by atoms with van der Waals surface area (Å²) in [5.41, 5.74) is 0.824. The maximum atomic E-state index is 11.6. The molecule has 0 heterocycles. The minimum Gasteiger partial charge on any atom is -0.504 e. The zero-order valence-corrected chi connectivity index (χ0v) is 9.78. The Morgan fingerprint density at radius 1 is 1.38 bits per heavy atom. The fourth-order valence-electron chi connectivity index (χ4n) is 1.47. The second-order valence-corrected chi connectivity index (χ2v) is 4.25. The van der Waals surface area contributed by atoms with Crippen LogP contribution in [-0.4, -0.2) is 10.9 Å². The third kappa shape index (κ3) is 2.92. The van der Waals surface area contributed by atoms with Gasteiger partial charge in [0.1, 0.15) is 5.78 Å². The number of hydrogen-bond donors (Lipinski definition) is 1. The highest BCUT2D eigenvalue weighted by Gasteiger charge is 2.08. The Balaban J connectivity index is 3.34. The Morgan fingerprint density at radius 2 is 2.00 bits per heavy atom. The molecule has 1 aromatic rings. The van der Waals surface area contributed by atoms with Crippen molar-refractivity contribution >= 4 is 5.78 Å². The minimum atomic E-state index is -0.426. The van der Waals surface area contributed by atoms with E-state index in [0.29, 0.717) is 5.56 Å². The van der Waals surface area contributed by atoms with Crippen LogP contribution in [0.2, 0.25) is 0 Å². The summed E-state index contributed by atoms with van der Waals surface area (Å²) in [7, 11) is 0. The number of rotatable bonds is 3. The van der Waals surface area contributed by atoms with Gasteiger partial charge in [-0.15, -0.1) is 0 Å². The van der Waals surface area contributed by atoms with Crippen LogP contribution in [0.15, 0.2) is 23.0 Å². The third-order valence-corrected chi connectivity index (χ3v) is 2.42. The van der Waals surface area contributed by atoms with E-state index in [1.807, 2.05) is 13.8 Å². The Labute approximate surface area is 94.7 Å². The molecular weight excluding hydrogens is 204 g/mol. The van der Waals surface area contributed by atoms with Crippen LogP contribution in [0.25, 0.3) is 0 Å². The van der Waals surface area contributed by atoms with Gasteiger partial charge in [0.05, 0.1) is 0 Å². The molecule has 0 saturated heterocycles. The molecule has 0 aliphatic carbocycles. The molecule has 86 valence electrons. The Morgan fingerprint density at radius 3 is 2.50 bits per heavy atom. The van der Waals surface area contributed by atoms with Crippen molar-refractivity contribution in [2.75, 3.05) is 0 Å². The smallest absolute Gasteiger partial charge is 0.220 e. The summed E-state index contributed by atoms with van der Waals surface area (Å²) in [6.45, 7) is 5.37. The predicted octanol–water partition coefficient (Wildman–Crippen LogP) is 2.01. The van der Waals surface area contributed by atoms with Gasteiger partial charge in [0.25, 0.3) is 0 Å². The number of carbonyl (C=O) groups excluding carboxylic acids is 1. The molecule has 3 heteroatoms. The maximum absolute atomic E-state index is 11.6. The van der Waals surface area contributed by atoms with Crippen molar-refractivity contribution < 1.29 is 9.90 Å². The molecule has 0 unspecified atom stereocenters. The topological polar surface area (TPSA) is 54.4 Å². The van der Waals surface area contributed by atoms with Crippen molar-refractivity contribution in [3.8, 4) is 5.75 Å². The number of aromatic hydroxyl groups is 1. The largest absolute Gasteiger partial charge is 0.504 e. The molecule has 0 aliphatic rings. The van der Waals surface area contributed by atoms with E-state index in [1.54, 1.807) is 12.1 Å². The van der Waals surface area contributed by atoms with Gasteiger partial charge >= 0.3 is 0 Å². The van der Waals surface area contributed by atoms with Crippen LogP contribution in [0.3, 0.4) is 0 Å². The van der Waals surface area contributed by atoms with Gasteiger partial charge in [-0.3, -0.25) is 9.59 Å². The molecule has 3 nitrogen and oxygen atoms in total. The fraction of sp³-hybridized carbons (Fsp3) is 0.385. The van der Waals surface area contributed by atoms with E-state index in [1.165, 1.54) is 13.0 Å². The summed E-state index contributed by atoms with van der Waals surface area (Å²) in [5, 5.41) is 9.65. The molecular formula is C13H16O3. The first-order chi connectivity index (χ1) is 7.41.